The number of hydrogen-bond donors (Lipinski definition) is 0. The van der Waals surface area contributed by atoms with Crippen molar-refractivity contribution in [3.05, 3.63) is 340 Å². The van der Waals surface area contributed by atoms with Crippen LogP contribution in [0.1, 0.15) is 0 Å². The van der Waals surface area contributed by atoms with Crippen LogP contribution in [0.25, 0.3) is 165 Å². The molecule has 0 unspecified atom stereocenters. The molecule has 0 aliphatic carbocycles. The first-order valence-corrected chi connectivity index (χ1v) is 33.3. The first-order chi connectivity index (χ1) is 48.6. The summed E-state index contributed by atoms with van der Waals surface area (Å²) in [5.41, 5.74) is 23.7. The van der Waals surface area contributed by atoms with Crippen molar-refractivity contribution in [1.82, 2.24) is 0 Å². The van der Waals surface area contributed by atoms with E-state index in [0.717, 1.165) is 183 Å². The van der Waals surface area contributed by atoms with Gasteiger partial charge in [0, 0.05) is 66.1 Å². The number of rotatable bonds is 11. The Kier molecular flexibility index (Phi) is 12.6. The maximum Gasteiger partial charge on any atom is 0.143 e. The summed E-state index contributed by atoms with van der Waals surface area (Å²) in [7, 11) is 0. The van der Waals surface area contributed by atoms with E-state index in [1.165, 1.54) is 16.3 Å². The fourth-order valence-electron chi connectivity index (χ4n) is 15.4. The lowest BCUT2D eigenvalue weighted by atomic mass is 9.92. The van der Waals surface area contributed by atoms with Crippen LogP contribution in [-0.2, 0) is 0 Å². The van der Waals surface area contributed by atoms with Gasteiger partial charge in [-0.3, -0.25) is 0 Å². The Labute approximate surface area is 562 Å². The molecule has 0 fully saturated rings. The number of nitrogens with zero attached hydrogens (tertiary/aromatic N) is 2. The van der Waals surface area contributed by atoms with Crippen molar-refractivity contribution in [3.63, 3.8) is 0 Å². The summed E-state index contributed by atoms with van der Waals surface area (Å²) in [6.45, 7) is 0. The third-order valence-corrected chi connectivity index (χ3v) is 19.9. The second-order valence-electron chi connectivity index (χ2n) is 25.4. The van der Waals surface area contributed by atoms with Crippen LogP contribution in [0.5, 0.6) is 0 Å². The molecule has 0 saturated heterocycles. The lowest BCUT2D eigenvalue weighted by Crippen LogP contribution is -2.12. The molecule has 0 N–H and O–H groups in total. The van der Waals surface area contributed by atoms with Crippen LogP contribution in [0.15, 0.2) is 357 Å². The lowest BCUT2D eigenvalue weighted by Gasteiger charge is -2.29. The van der Waals surface area contributed by atoms with E-state index in [1.807, 2.05) is 30.3 Å². The van der Waals surface area contributed by atoms with Crippen molar-refractivity contribution < 1.29 is 17.7 Å². The monoisotopic (exact) mass is 1250 g/mol. The average Bonchev–Trinajstić information content (AvgIpc) is 1.39. The maximum absolute atomic E-state index is 6.99. The summed E-state index contributed by atoms with van der Waals surface area (Å²) < 4.78 is 26.7. The van der Waals surface area contributed by atoms with Gasteiger partial charge in [-0.2, -0.15) is 0 Å². The van der Waals surface area contributed by atoms with Crippen LogP contribution in [-0.4, -0.2) is 0 Å². The van der Waals surface area contributed by atoms with Gasteiger partial charge in [-0.1, -0.05) is 237 Å². The van der Waals surface area contributed by atoms with Gasteiger partial charge >= 0.3 is 0 Å². The first kappa shape index (κ1) is 55.3. The summed E-state index contributed by atoms with van der Waals surface area (Å²) >= 11 is 0. The van der Waals surface area contributed by atoms with Crippen molar-refractivity contribution in [1.29, 1.82) is 0 Å². The van der Waals surface area contributed by atoms with Gasteiger partial charge in [0.1, 0.15) is 44.7 Å². The maximum atomic E-state index is 6.99. The molecular weight excluding hydrogens is 1200 g/mol. The van der Waals surface area contributed by atoms with E-state index >= 15 is 0 Å². The quantitative estimate of drug-likeness (QED) is 0.129. The molecule has 0 bridgehead atoms. The van der Waals surface area contributed by atoms with Crippen LogP contribution in [0.4, 0.5) is 34.1 Å². The summed E-state index contributed by atoms with van der Waals surface area (Å²) in [6.07, 6.45) is 0. The topological polar surface area (TPSA) is 59.0 Å². The van der Waals surface area contributed by atoms with E-state index in [-0.39, 0.29) is 0 Å². The van der Waals surface area contributed by atoms with Crippen LogP contribution < -0.4 is 9.80 Å². The Morgan fingerprint density at radius 2 is 0.602 bits per heavy atom. The molecule has 0 aliphatic rings. The van der Waals surface area contributed by atoms with E-state index in [9.17, 15) is 0 Å². The minimum atomic E-state index is 0.820. The standard InChI is InChI=1S/C92H56N2O4/c1-3-24-67-57(18-1)20-12-29-69(67)63-22-11-23-66(54-63)93(81-35-16-40-87-89(81)76-27-6-9-38-84(76)95-87)64-48-42-59(43-49-64)71-31-15-34-75-79-56-62(47-53-86(79)98-92(71)75)61-46-52-80(78(55-61)72-32-13-21-58-19-2-4-25-68(58)72)94(82-36-17-41-88-90(82)77-28-7-10-39-85(77)96-88)65-50-44-60(45-51-65)70-30-14-33-74-73-26-5-8-37-83(73)97-91(70)74/h1-56H. The van der Waals surface area contributed by atoms with E-state index < -0.39 is 0 Å². The zero-order valence-corrected chi connectivity index (χ0v) is 52.9. The van der Waals surface area contributed by atoms with Crippen molar-refractivity contribution in [2.45, 2.75) is 0 Å². The van der Waals surface area contributed by atoms with Gasteiger partial charge in [0.15, 0.2) is 0 Å². The van der Waals surface area contributed by atoms with Gasteiger partial charge in [-0.15, -0.1) is 0 Å². The van der Waals surface area contributed by atoms with Crippen LogP contribution in [0.3, 0.4) is 0 Å². The Morgan fingerprint density at radius 3 is 1.23 bits per heavy atom. The van der Waals surface area contributed by atoms with Gasteiger partial charge in [-0.05, 0) is 164 Å². The normalized spacial score (nSPS) is 11.9. The molecule has 458 valence electrons. The smallest absolute Gasteiger partial charge is 0.143 e. The predicted molar refractivity (Wildman–Crippen MR) is 407 cm³/mol. The highest BCUT2D eigenvalue weighted by Gasteiger charge is 2.26. The van der Waals surface area contributed by atoms with Gasteiger partial charge in [0.05, 0.1) is 27.8 Å². The summed E-state index contributed by atoms with van der Waals surface area (Å²) in [5.74, 6) is 0. The number of benzene rings is 16. The minimum Gasteiger partial charge on any atom is -0.456 e. The fraction of sp³-hybridized carbons (Fsp3) is 0. The Morgan fingerprint density at radius 1 is 0.184 bits per heavy atom. The molecule has 0 atom stereocenters. The largest absolute Gasteiger partial charge is 0.456 e. The molecule has 20 aromatic rings. The molecule has 0 saturated carbocycles. The van der Waals surface area contributed by atoms with Gasteiger partial charge in [0.2, 0.25) is 0 Å². The molecule has 0 spiro atoms. The highest BCUT2D eigenvalue weighted by atomic mass is 16.3. The van der Waals surface area contributed by atoms with E-state index in [2.05, 4.69) is 319 Å². The van der Waals surface area contributed by atoms with Crippen molar-refractivity contribution in [2.75, 3.05) is 9.80 Å². The second kappa shape index (κ2) is 22.2. The van der Waals surface area contributed by atoms with Crippen LogP contribution in [0.2, 0.25) is 0 Å². The SMILES string of the molecule is c1cc(-c2cccc3ccccc23)cc(N(c2ccc(-c3cccc4c3oc3ccc(-c5ccc(N(c6ccc(-c7cccc8c7oc7ccccc78)cc6)c6cccc7oc8ccccc8c67)c(-c6cccc7ccccc67)c5)cc34)cc2)c2cccc3oc4ccccc4c23)c1. The Balaban J connectivity index is 0.712. The molecule has 98 heavy (non-hydrogen) atoms. The zero-order chi connectivity index (χ0) is 64.4. The molecule has 6 heteroatoms. The van der Waals surface area contributed by atoms with Crippen molar-refractivity contribution in [3.8, 4) is 55.6 Å². The van der Waals surface area contributed by atoms with Crippen LogP contribution in [0, 0.1) is 0 Å². The minimum absolute atomic E-state index is 0.820. The molecule has 0 amide bonds. The Hall–Kier alpha value is -13.2. The summed E-state index contributed by atoms with van der Waals surface area (Å²) in [4.78, 5) is 4.79. The summed E-state index contributed by atoms with van der Waals surface area (Å²) in [6, 6.07) is 121. The molecule has 0 radical (unpaired) electrons. The van der Waals surface area contributed by atoms with E-state index in [0.29, 0.717) is 0 Å². The first-order valence-electron chi connectivity index (χ1n) is 33.3. The number of hydrogen-bond acceptors (Lipinski definition) is 6. The third-order valence-electron chi connectivity index (χ3n) is 19.9. The molecule has 0 aliphatic heterocycles. The lowest BCUT2D eigenvalue weighted by molar-refractivity contribution is 0.668. The van der Waals surface area contributed by atoms with Gasteiger partial charge in [0.25, 0.3) is 0 Å². The molecule has 4 heterocycles. The Bertz CT molecular complexity index is 6570. The highest BCUT2D eigenvalue weighted by Crippen LogP contribution is 2.51. The molecule has 6 nitrogen and oxygen atoms in total. The van der Waals surface area contributed by atoms with Crippen molar-refractivity contribution in [2.24, 2.45) is 0 Å². The molecular formula is C92H56N2O4. The van der Waals surface area contributed by atoms with E-state index in [1.54, 1.807) is 0 Å². The number of para-hydroxylation sites is 5. The van der Waals surface area contributed by atoms with Gasteiger partial charge in [-0.25, -0.2) is 0 Å². The zero-order valence-electron chi connectivity index (χ0n) is 52.9. The number of fused-ring (bicyclic) bond motifs is 14. The third kappa shape index (κ3) is 8.89. The molecule has 4 aromatic heterocycles. The number of anilines is 6. The average molecular weight is 1250 g/mol. The van der Waals surface area contributed by atoms with Crippen molar-refractivity contribution >= 4 is 143 Å². The fourth-order valence-corrected chi connectivity index (χ4v) is 15.4. The van der Waals surface area contributed by atoms with E-state index in [4.69, 9.17) is 17.7 Å². The van der Waals surface area contributed by atoms with Gasteiger partial charge < -0.3 is 27.5 Å². The molecule has 16 aromatic carbocycles. The highest BCUT2D eigenvalue weighted by molar-refractivity contribution is 6.17. The number of furan rings is 4. The van der Waals surface area contributed by atoms with Crippen LogP contribution >= 0.6 is 0 Å². The predicted octanol–water partition coefficient (Wildman–Crippen LogP) is 26.9. The summed E-state index contributed by atoms with van der Waals surface area (Å²) in [5, 5.41) is 13.3. The second-order valence-corrected chi connectivity index (χ2v) is 25.4. The molecule has 20 rings (SSSR count).